The Morgan fingerprint density at radius 2 is 1.90 bits per heavy atom. The lowest BCUT2D eigenvalue weighted by Crippen LogP contribution is -2.49. The van der Waals surface area contributed by atoms with Gasteiger partial charge >= 0.3 is 0 Å². The number of fused-ring (bicyclic) bond motifs is 4. The van der Waals surface area contributed by atoms with Crippen molar-refractivity contribution in [3.05, 3.63) is 82.3 Å². The third-order valence-electron chi connectivity index (χ3n) is 6.11. The summed E-state index contributed by atoms with van der Waals surface area (Å²) in [6, 6.07) is 12.0. The summed E-state index contributed by atoms with van der Waals surface area (Å²) < 4.78 is 1.94. The molecule has 1 fully saturated rings. The predicted octanol–water partition coefficient (Wildman–Crippen LogP) is 2.87. The molecule has 4 heterocycles. The van der Waals surface area contributed by atoms with Crippen LogP contribution in [0.1, 0.15) is 34.1 Å². The van der Waals surface area contributed by atoms with E-state index < -0.39 is 0 Å². The molecule has 0 aliphatic carbocycles. The van der Waals surface area contributed by atoms with Gasteiger partial charge in [0.15, 0.2) is 0 Å². The van der Waals surface area contributed by atoms with Crippen LogP contribution >= 0.6 is 0 Å². The summed E-state index contributed by atoms with van der Waals surface area (Å²) >= 11 is 0. The molecule has 29 heavy (non-hydrogen) atoms. The summed E-state index contributed by atoms with van der Waals surface area (Å²) in [5, 5.41) is 0. The van der Waals surface area contributed by atoms with E-state index in [0.29, 0.717) is 25.3 Å². The van der Waals surface area contributed by atoms with E-state index in [1.807, 2.05) is 46.7 Å². The molecule has 0 saturated carbocycles. The molecule has 146 valence electrons. The van der Waals surface area contributed by atoms with Crippen molar-refractivity contribution >= 4 is 5.91 Å². The Balaban J connectivity index is 1.49. The molecule has 6 heteroatoms. The van der Waals surface area contributed by atoms with Crippen LogP contribution in [0.5, 0.6) is 0 Å². The molecule has 6 nitrogen and oxygen atoms in total. The Morgan fingerprint density at radius 3 is 2.69 bits per heavy atom. The van der Waals surface area contributed by atoms with Crippen molar-refractivity contribution in [3.63, 3.8) is 0 Å². The van der Waals surface area contributed by atoms with Crippen molar-refractivity contribution < 1.29 is 4.79 Å². The number of hydrogen-bond acceptors (Lipinski definition) is 4. The molecule has 1 amide bonds. The third kappa shape index (κ3) is 3.05. The summed E-state index contributed by atoms with van der Waals surface area (Å²) in [5.74, 6) is 0.355. The van der Waals surface area contributed by atoms with Gasteiger partial charge in [0.1, 0.15) is 5.69 Å². The van der Waals surface area contributed by atoms with Gasteiger partial charge in [-0.3, -0.25) is 14.6 Å². The maximum Gasteiger partial charge on any atom is 0.274 e. The molecule has 1 aromatic carbocycles. The fraction of sp³-hybridized carbons (Fsp3) is 0.304. The number of amides is 1. The first-order chi connectivity index (χ1) is 14.1. The number of aromatic nitrogens is 3. The SMILES string of the molecule is Cc1ccccc1-c1ccc2n(c1=O)C[C@@H]1C[C@@H]2CN(C(=O)c2cnccn2)C1. The minimum atomic E-state index is -0.0832. The zero-order valence-corrected chi connectivity index (χ0v) is 16.3. The van der Waals surface area contributed by atoms with Gasteiger partial charge in [-0.2, -0.15) is 0 Å². The highest BCUT2D eigenvalue weighted by atomic mass is 16.2. The molecule has 1 saturated heterocycles. The third-order valence-corrected chi connectivity index (χ3v) is 6.11. The summed E-state index contributed by atoms with van der Waals surface area (Å²) in [5.41, 5.74) is 4.31. The van der Waals surface area contributed by atoms with Gasteiger partial charge in [-0.15, -0.1) is 0 Å². The van der Waals surface area contributed by atoms with E-state index in [4.69, 9.17) is 0 Å². The highest BCUT2D eigenvalue weighted by Crippen LogP contribution is 2.36. The fourth-order valence-electron chi connectivity index (χ4n) is 4.76. The number of likely N-dealkylation sites (tertiary alicyclic amines) is 1. The van der Waals surface area contributed by atoms with Gasteiger partial charge in [-0.1, -0.05) is 24.3 Å². The minimum absolute atomic E-state index is 0.0696. The lowest BCUT2D eigenvalue weighted by molar-refractivity contribution is 0.0588. The molecule has 2 aromatic heterocycles. The van der Waals surface area contributed by atoms with Gasteiger partial charge in [0.05, 0.1) is 6.20 Å². The quantitative estimate of drug-likeness (QED) is 0.679. The van der Waals surface area contributed by atoms with E-state index in [1.165, 1.54) is 6.20 Å². The molecule has 0 unspecified atom stereocenters. The number of hydrogen-bond donors (Lipinski definition) is 0. The Bertz CT molecular complexity index is 1140. The number of piperidine rings is 1. The maximum absolute atomic E-state index is 13.3. The van der Waals surface area contributed by atoms with Crippen molar-refractivity contribution in [3.8, 4) is 11.1 Å². The Labute approximate surface area is 168 Å². The number of rotatable bonds is 2. The molecular weight excluding hydrogens is 364 g/mol. The standard InChI is InChI=1S/C23H22N4O2/c1-15-4-2-3-5-18(15)19-6-7-21-17-10-16(13-27(21)22(19)28)12-26(14-17)23(29)20-11-24-8-9-25-20/h2-9,11,16-17H,10,12-14H2,1H3/t16-,17-/m1/s1. The van der Waals surface area contributed by atoms with E-state index in [-0.39, 0.29) is 23.3 Å². The van der Waals surface area contributed by atoms with Gasteiger partial charge in [-0.05, 0) is 42.5 Å². The molecule has 2 atom stereocenters. The fourth-order valence-corrected chi connectivity index (χ4v) is 4.76. The second-order valence-electron chi connectivity index (χ2n) is 8.00. The smallest absolute Gasteiger partial charge is 0.274 e. The largest absolute Gasteiger partial charge is 0.336 e. The van der Waals surface area contributed by atoms with Crippen LogP contribution in [-0.4, -0.2) is 38.4 Å². The Kier molecular flexibility index (Phi) is 4.27. The zero-order chi connectivity index (χ0) is 20.0. The monoisotopic (exact) mass is 386 g/mol. The molecule has 0 radical (unpaired) electrons. The topological polar surface area (TPSA) is 68.1 Å². The minimum Gasteiger partial charge on any atom is -0.336 e. The summed E-state index contributed by atoms with van der Waals surface area (Å²) in [7, 11) is 0. The first-order valence-corrected chi connectivity index (χ1v) is 9.97. The molecule has 3 aromatic rings. The van der Waals surface area contributed by atoms with Crippen molar-refractivity contribution in [2.24, 2.45) is 5.92 Å². The summed E-state index contributed by atoms with van der Waals surface area (Å²) in [4.78, 5) is 36.2. The second kappa shape index (κ2) is 6.95. The molecule has 5 rings (SSSR count). The number of pyridine rings is 1. The summed E-state index contributed by atoms with van der Waals surface area (Å²) in [6.45, 7) is 3.93. The van der Waals surface area contributed by atoms with E-state index in [9.17, 15) is 9.59 Å². The summed E-state index contributed by atoms with van der Waals surface area (Å²) in [6.07, 6.45) is 5.63. The van der Waals surface area contributed by atoms with Crippen LogP contribution in [0.4, 0.5) is 0 Å². The highest BCUT2D eigenvalue weighted by Gasteiger charge is 2.37. The highest BCUT2D eigenvalue weighted by molar-refractivity contribution is 5.92. The lowest BCUT2D eigenvalue weighted by Gasteiger charge is -2.42. The van der Waals surface area contributed by atoms with E-state index in [1.54, 1.807) is 12.4 Å². The average Bonchev–Trinajstić information content (AvgIpc) is 2.75. The first kappa shape index (κ1) is 17.8. The molecule has 2 bridgehead atoms. The number of carbonyl (C=O) groups is 1. The zero-order valence-electron chi connectivity index (χ0n) is 16.3. The van der Waals surface area contributed by atoms with Gasteiger partial charge in [-0.25, -0.2) is 4.98 Å². The van der Waals surface area contributed by atoms with E-state index in [0.717, 1.165) is 28.8 Å². The second-order valence-corrected chi connectivity index (χ2v) is 8.00. The lowest BCUT2D eigenvalue weighted by atomic mass is 9.82. The van der Waals surface area contributed by atoms with Gasteiger partial charge in [0.2, 0.25) is 0 Å². The van der Waals surface area contributed by atoms with Crippen molar-refractivity contribution in [1.29, 1.82) is 0 Å². The van der Waals surface area contributed by atoms with Crippen LogP contribution in [0.3, 0.4) is 0 Å². The van der Waals surface area contributed by atoms with Crippen molar-refractivity contribution in [2.45, 2.75) is 25.8 Å². The van der Waals surface area contributed by atoms with Crippen LogP contribution < -0.4 is 5.56 Å². The van der Waals surface area contributed by atoms with Gasteiger partial charge in [0, 0.05) is 49.2 Å². The van der Waals surface area contributed by atoms with Crippen molar-refractivity contribution in [1.82, 2.24) is 19.4 Å². The van der Waals surface area contributed by atoms with Crippen LogP contribution in [0, 0.1) is 12.8 Å². The normalized spacial score (nSPS) is 20.2. The van der Waals surface area contributed by atoms with Crippen LogP contribution in [-0.2, 0) is 6.54 Å². The predicted molar refractivity (Wildman–Crippen MR) is 110 cm³/mol. The van der Waals surface area contributed by atoms with E-state index in [2.05, 4.69) is 16.0 Å². The molecule has 0 N–H and O–H groups in total. The molecular formula is C23H22N4O2. The van der Waals surface area contributed by atoms with Crippen LogP contribution in [0.15, 0.2) is 59.8 Å². The van der Waals surface area contributed by atoms with Gasteiger partial charge in [0.25, 0.3) is 11.5 Å². The van der Waals surface area contributed by atoms with Gasteiger partial charge < -0.3 is 9.47 Å². The van der Waals surface area contributed by atoms with Crippen molar-refractivity contribution in [2.75, 3.05) is 13.1 Å². The molecule has 0 spiro atoms. The Morgan fingerprint density at radius 1 is 1.03 bits per heavy atom. The maximum atomic E-state index is 13.3. The number of aryl methyl sites for hydroxylation is 1. The number of benzene rings is 1. The molecule has 2 aliphatic heterocycles. The van der Waals surface area contributed by atoms with Crippen LogP contribution in [0.2, 0.25) is 0 Å². The Hall–Kier alpha value is -3.28. The van der Waals surface area contributed by atoms with E-state index >= 15 is 0 Å². The number of carbonyl (C=O) groups excluding carboxylic acids is 1. The molecule has 2 aliphatic rings. The average molecular weight is 386 g/mol. The van der Waals surface area contributed by atoms with Crippen LogP contribution in [0.25, 0.3) is 11.1 Å². The first-order valence-electron chi connectivity index (χ1n) is 9.97. The number of nitrogens with zero attached hydrogens (tertiary/aromatic N) is 4.